The van der Waals surface area contributed by atoms with Crippen molar-refractivity contribution in [2.24, 2.45) is 0 Å². The molecule has 0 aliphatic heterocycles. The van der Waals surface area contributed by atoms with Gasteiger partial charge in [0.25, 0.3) is 0 Å². The molecular formula is C28H34F3N5O3+2. The highest BCUT2D eigenvalue weighted by Gasteiger charge is 2.30. The summed E-state index contributed by atoms with van der Waals surface area (Å²) in [5, 5.41) is 6.33. The second kappa shape index (κ2) is 13.7. The summed E-state index contributed by atoms with van der Waals surface area (Å²) in [6.45, 7) is 3.57. The van der Waals surface area contributed by atoms with Crippen LogP contribution in [0, 0.1) is 0 Å². The standard InChI is InChI=1S/C28H32F3N5O3/c1-2-36(15-14-32)26(38)9-5-8-25(37)35-24(16-19-10-12-21(13-11-19)28(29,30)31)27(39)34-22-17-20-6-3-4-7-23(20)33-18-22/h3-4,6-7,10-13,17-18,24H,2,5,8-9,14-16,32H2,1H3,(H,34,39)(H,35,37)/p+2/t24-/m1/s1. The van der Waals surface area contributed by atoms with Gasteiger partial charge >= 0.3 is 6.18 Å². The molecule has 8 nitrogen and oxygen atoms in total. The van der Waals surface area contributed by atoms with Crippen LogP contribution in [0.2, 0.25) is 0 Å². The first-order chi connectivity index (χ1) is 18.6. The molecule has 6 N–H and O–H groups in total. The van der Waals surface area contributed by atoms with Gasteiger partial charge in [-0.1, -0.05) is 24.3 Å². The first-order valence-corrected chi connectivity index (χ1v) is 12.8. The zero-order valence-corrected chi connectivity index (χ0v) is 21.8. The fraction of sp³-hybridized carbons (Fsp3) is 0.357. The second-order valence-corrected chi connectivity index (χ2v) is 9.16. The molecule has 0 saturated carbocycles. The van der Waals surface area contributed by atoms with Crippen molar-refractivity contribution < 1.29 is 38.3 Å². The summed E-state index contributed by atoms with van der Waals surface area (Å²) >= 11 is 0. The van der Waals surface area contributed by atoms with Crippen molar-refractivity contribution in [3.8, 4) is 0 Å². The van der Waals surface area contributed by atoms with E-state index in [2.05, 4.69) is 21.4 Å². The van der Waals surface area contributed by atoms with E-state index in [9.17, 15) is 27.6 Å². The Labute approximate surface area is 224 Å². The zero-order chi connectivity index (χ0) is 28.4. The normalized spacial score (nSPS) is 12.1. The second-order valence-electron chi connectivity index (χ2n) is 9.16. The number of anilines is 1. The molecule has 0 radical (unpaired) electrons. The summed E-state index contributed by atoms with van der Waals surface area (Å²) in [6, 6.07) is 12.7. The molecule has 1 atom stereocenters. The van der Waals surface area contributed by atoms with Crippen molar-refractivity contribution in [3.05, 3.63) is 71.9 Å². The van der Waals surface area contributed by atoms with Crippen LogP contribution in [-0.4, -0.2) is 48.3 Å². The Balaban J connectivity index is 1.69. The number of hydrogen-bond donors (Lipinski definition) is 3. The SMILES string of the molecule is CCN(CC[NH3+])C(=O)CCCC(=O)N[C@H](Cc1ccc(C(F)(F)F)cc1)C(=O)Nc1c[nH+]c2ccccc2c1. The van der Waals surface area contributed by atoms with Gasteiger partial charge in [-0.3, -0.25) is 14.4 Å². The number of nitrogens with zero attached hydrogens (tertiary/aromatic N) is 1. The Kier molecular flexibility index (Phi) is 10.4. The van der Waals surface area contributed by atoms with Crippen LogP contribution in [0.4, 0.5) is 18.9 Å². The van der Waals surface area contributed by atoms with E-state index >= 15 is 0 Å². The highest BCUT2D eigenvalue weighted by molar-refractivity contribution is 5.98. The van der Waals surface area contributed by atoms with Gasteiger partial charge < -0.3 is 21.3 Å². The number of rotatable bonds is 12. The molecule has 0 fully saturated rings. The number of quaternary nitrogens is 1. The predicted molar refractivity (Wildman–Crippen MR) is 140 cm³/mol. The van der Waals surface area contributed by atoms with Gasteiger partial charge in [0, 0.05) is 37.3 Å². The average Bonchev–Trinajstić information content (AvgIpc) is 2.91. The largest absolute Gasteiger partial charge is 0.416 e. The molecule has 3 aromatic rings. The molecule has 0 spiro atoms. The molecule has 3 amide bonds. The molecule has 39 heavy (non-hydrogen) atoms. The minimum atomic E-state index is -4.48. The number of H-pyrrole nitrogens is 1. The number of benzene rings is 2. The van der Waals surface area contributed by atoms with Crippen LogP contribution < -0.4 is 21.4 Å². The summed E-state index contributed by atoms with van der Waals surface area (Å²) in [5.41, 5.74) is 4.76. The van der Waals surface area contributed by atoms with Gasteiger partial charge in [-0.15, -0.1) is 0 Å². The number of likely N-dealkylation sites (N-methyl/N-ethyl adjacent to an activating group) is 1. The number of hydrogen-bond acceptors (Lipinski definition) is 3. The zero-order valence-electron chi connectivity index (χ0n) is 21.8. The van der Waals surface area contributed by atoms with Gasteiger partial charge in [0.2, 0.25) is 23.2 Å². The number of aromatic nitrogens is 1. The van der Waals surface area contributed by atoms with E-state index in [0.717, 1.165) is 23.0 Å². The number of carbonyl (C=O) groups excluding carboxylic acids is 3. The van der Waals surface area contributed by atoms with Crippen LogP contribution in [0.15, 0.2) is 60.8 Å². The molecule has 0 bridgehead atoms. The lowest BCUT2D eigenvalue weighted by atomic mass is 10.0. The van der Waals surface area contributed by atoms with Crippen LogP contribution in [-0.2, 0) is 27.0 Å². The van der Waals surface area contributed by atoms with Crippen molar-refractivity contribution in [3.63, 3.8) is 0 Å². The van der Waals surface area contributed by atoms with Crippen molar-refractivity contribution in [1.82, 2.24) is 10.2 Å². The van der Waals surface area contributed by atoms with Crippen LogP contribution >= 0.6 is 0 Å². The predicted octanol–water partition coefficient (Wildman–Crippen LogP) is 2.60. The molecule has 11 heteroatoms. The Morgan fingerprint density at radius 3 is 2.44 bits per heavy atom. The van der Waals surface area contributed by atoms with Gasteiger partial charge in [0.1, 0.15) is 11.7 Å². The number of pyridine rings is 1. The smallest absolute Gasteiger partial charge is 0.356 e. The minimum Gasteiger partial charge on any atom is -0.356 e. The third-order valence-electron chi connectivity index (χ3n) is 6.25. The number of alkyl halides is 3. The quantitative estimate of drug-likeness (QED) is 0.325. The van der Waals surface area contributed by atoms with E-state index in [1.165, 1.54) is 12.1 Å². The van der Waals surface area contributed by atoms with Crippen LogP contribution in [0.5, 0.6) is 0 Å². The number of amides is 3. The fourth-order valence-corrected chi connectivity index (χ4v) is 4.17. The summed E-state index contributed by atoms with van der Waals surface area (Å²) in [7, 11) is 0. The topological polar surface area (TPSA) is 120 Å². The Hall–Kier alpha value is -3.99. The third-order valence-corrected chi connectivity index (χ3v) is 6.25. The monoisotopic (exact) mass is 545 g/mol. The van der Waals surface area contributed by atoms with E-state index in [-0.39, 0.29) is 25.2 Å². The molecule has 0 aliphatic carbocycles. The number of carbonyl (C=O) groups is 3. The molecule has 1 heterocycles. The van der Waals surface area contributed by atoms with Gasteiger partial charge in [0.15, 0.2) is 6.20 Å². The molecule has 3 rings (SSSR count). The van der Waals surface area contributed by atoms with Gasteiger partial charge in [-0.05, 0) is 43.2 Å². The maximum Gasteiger partial charge on any atom is 0.416 e. The van der Waals surface area contributed by atoms with E-state index in [4.69, 9.17) is 0 Å². The number of halogens is 3. The van der Waals surface area contributed by atoms with Crippen molar-refractivity contribution in [2.45, 2.75) is 44.8 Å². The highest BCUT2D eigenvalue weighted by Crippen LogP contribution is 2.29. The number of nitrogens with one attached hydrogen (secondary N) is 3. The maximum atomic E-state index is 13.2. The molecule has 208 valence electrons. The van der Waals surface area contributed by atoms with Crippen LogP contribution in [0.25, 0.3) is 10.9 Å². The minimum absolute atomic E-state index is 0.0148. The van der Waals surface area contributed by atoms with Crippen molar-refractivity contribution in [1.29, 1.82) is 0 Å². The lowest BCUT2D eigenvalue weighted by Gasteiger charge is -2.20. The number of fused-ring (bicyclic) bond motifs is 1. The van der Waals surface area contributed by atoms with Crippen molar-refractivity contribution >= 4 is 34.3 Å². The van der Waals surface area contributed by atoms with Crippen LogP contribution in [0.3, 0.4) is 0 Å². The first-order valence-electron chi connectivity index (χ1n) is 12.8. The van der Waals surface area contributed by atoms with Gasteiger partial charge in [-0.25, -0.2) is 4.98 Å². The molecule has 1 aromatic heterocycles. The first kappa shape index (κ1) is 29.6. The summed E-state index contributed by atoms with van der Waals surface area (Å²) in [6.07, 6.45) is -2.37. The van der Waals surface area contributed by atoms with Crippen molar-refractivity contribution in [2.75, 3.05) is 25.0 Å². The molecule has 2 aromatic carbocycles. The Morgan fingerprint density at radius 1 is 1.05 bits per heavy atom. The van der Waals surface area contributed by atoms with E-state index in [0.29, 0.717) is 37.3 Å². The molecule has 0 unspecified atom stereocenters. The molecular weight excluding hydrogens is 511 g/mol. The number of para-hydroxylation sites is 1. The lowest BCUT2D eigenvalue weighted by Crippen LogP contribution is -2.55. The van der Waals surface area contributed by atoms with Gasteiger partial charge in [0.05, 0.1) is 18.7 Å². The fourth-order valence-electron chi connectivity index (χ4n) is 4.17. The average molecular weight is 546 g/mol. The summed E-state index contributed by atoms with van der Waals surface area (Å²) < 4.78 is 38.9. The highest BCUT2D eigenvalue weighted by atomic mass is 19.4. The summed E-state index contributed by atoms with van der Waals surface area (Å²) in [4.78, 5) is 43.0. The lowest BCUT2D eigenvalue weighted by molar-refractivity contribution is -0.368. The summed E-state index contributed by atoms with van der Waals surface area (Å²) in [5.74, 6) is -1.02. The Morgan fingerprint density at radius 2 is 1.77 bits per heavy atom. The van der Waals surface area contributed by atoms with E-state index < -0.39 is 29.6 Å². The van der Waals surface area contributed by atoms with Crippen LogP contribution in [0.1, 0.15) is 37.3 Å². The molecule has 0 saturated heterocycles. The number of aromatic amines is 1. The Bertz CT molecular complexity index is 1280. The van der Waals surface area contributed by atoms with Gasteiger partial charge in [-0.2, -0.15) is 13.2 Å². The van der Waals surface area contributed by atoms with E-state index in [1.807, 2.05) is 31.2 Å². The molecule has 0 aliphatic rings. The third kappa shape index (κ3) is 8.78. The maximum absolute atomic E-state index is 13.2. The van der Waals surface area contributed by atoms with E-state index in [1.54, 1.807) is 17.2 Å².